The molecule has 1 aromatic carbocycles. The zero-order chi connectivity index (χ0) is 19.5. The van der Waals surface area contributed by atoms with Crippen LogP contribution in [-0.4, -0.2) is 42.0 Å². The number of halogens is 1. The van der Waals surface area contributed by atoms with Gasteiger partial charge in [0.25, 0.3) is 5.89 Å². The number of rotatable bonds is 4. The fraction of sp³-hybridized carbons (Fsp3) is 0.250. The number of carbonyl (C=O) groups excluding carboxylic acids is 1. The zero-order valence-corrected chi connectivity index (χ0v) is 15.0. The molecule has 1 saturated heterocycles. The largest absolute Gasteiger partial charge is 0.459 e. The Morgan fingerprint density at radius 3 is 2.64 bits per heavy atom. The number of oxazole rings is 1. The van der Waals surface area contributed by atoms with Crippen molar-refractivity contribution in [3.8, 4) is 17.7 Å². The van der Waals surface area contributed by atoms with E-state index >= 15 is 0 Å². The average Bonchev–Trinajstić information content (AvgIpc) is 3.39. The second-order valence-electron chi connectivity index (χ2n) is 6.40. The molecule has 1 fully saturated rings. The van der Waals surface area contributed by atoms with E-state index in [1.165, 1.54) is 12.3 Å². The third-order valence-corrected chi connectivity index (χ3v) is 4.67. The van der Waals surface area contributed by atoms with E-state index in [1.807, 2.05) is 11.0 Å². The minimum absolute atomic E-state index is 0.0288. The molecule has 0 radical (unpaired) electrons. The van der Waals surface area contributed by atoms with Crippen molar-refractivity contribution in [3.05, 3.63) is 59.7 Å². The molecule has 2 aromatic heterocycles. The van der Waals surface area contributed by atoms with Crippen molar-refractivity contribution >= 4 is 11.8 Å². The van der Waals surface area contributed by atoms with E-state index in [0.717, 1.165) is 0 Å². The lowest BCUT2D eigenvalue weighted by Gasteiger charge is -2.34. The van der Waals surface area contributed by atoms with Gasteiger partial charge in [-0.15, -0.1) is 0 Å². The van der Waals surface area contributed by atoms with Crippen LogP contribution in [0.5, 0.6) is 0 Å². The number of hydrogen-bond donors (Lipinski definition) is 0. The smallest absolute Gasteiger partial charge is 0.266 e. The minimum atomic E-state index is -0.375. The number of anilines is 1. The standard InChI is InChI=1S/C20H17FN4O3/c21-15-5-2-1-4-14(15)12-18(26)24-7-9-25(10-8-24)20-16(13-22)23-19(28-20)17-6-3-11-27-17/h1-6,11H,7-10,12H2. The van der Waals surface area contributed by atoms with Gasteiger partial charge in [-0.2, -0.15) is 10.2 Å². The minimum Gasteiger partial charge on any atom is -0.459 e. The van der Waals surface area contributed by atoms with E-state index in [9.17, 15) is 14.4 Å². The van der Waals surface area contributed by atoms with Crippen molar-refractivity contribution in [3.63, 3.8) is 0 Å². The summed E-state index contributed by atoms with van der Waals surface area (Å²) in [5.41, 5.74) is 0.567. The van der Waals surface area contributed by atoms with Crippen molar-refractivity contribution in [2.45, 2.75) is 6.42 Å². The van der Waals surface area contributed by atoms with Gasteiger partial charge in [-0.25, -0.2) is 4.39 Å². The molecule has 3 aromatic rings. The van der Waals surface area contributed by atoms with Crippen LogP contribution < -0.4 is 4.90 Å². The van der Waals surface area contributed by atoms with Crippen LogP contribution in [0.1, 0.15) is 11.3 Å². The summed E-state index contributed by atoms with van der Waals surface area (Å²) >= 11 is 0. The van der Waals surface area contributed by atoms with Crippen LogP contribution in [0.4, 0.5) is 10.3 Å². The summed E-state index contributed by atoms with van der Waals surface area (Å²) in [6, 6.07) is 11.7. The first-order valence-electron chi connectivity index (χ1n) is 8.86. The fourth-order valence-electron chi connectivity index (χ4n) is 3.18. The van der Waals surface area contributed by atoms with Crippen LogP contribution in [0.15, 0.2) is 51.5 Å². The maximum atomic E-state index is 13.8. The van der Waals surface area contributed by atoms with E-state index in [1.54, 1.807) is 35.2 Å². The van der Waals surface area contributed by atoms with Crippen LogP contribution in [0, 0.1) is 17.1 Å². The first-order chi connectivity index (χ1) is 13.7. The highest BCUT2D eigenvalue weighted by Crippen LogP contribution is 2.29. The molecule has 0 saturated carbocycles. The highest BCUT2D eigenvalue weighted by Gasteiger charge is 2.27. The predicted octanol–water partition coefficient (Wildman–Crippen LogP) is 2.84. The Balaban J connectivity index is 1.42. The molecule has 7 nitrogen and oxygen atoms in total. The monoisotopic (exact) mass is 380 g/mol. The third-order valence-electron chi connectivity index (χ3n) is 4.67. The van der Waals surface area contributed by atoms with E-state index in [2.05, 4.69) is 4.98 Å². The van der Waals surface area contributed by atoms with Gasteiger partial charge in [0, 0.05) is 26.2 Å². The lowest BCUT2D eigenvalue weighted by molar-refractivity contribution is -0.130. The van der Waals surface area contributed by atoms with Crippen LogP contribution in [0.3, 0.4) is 0 Å². The Morgan fingerprint density at radius 2 is 1.96 bits per heavy atom. The molecule has 1 aliphatic heterocycles. The summed E-state index contributed by atoms with van der Waals surface area (Å²) in [4.78, 5) is 20.2. The SMILES string of the molecule is N#Cc1nc(-c2ccco2)oc1N1CCN(C(=O)Cc2ccccc2F)CC1. The first-order valence-corrected chi connectivity index (χ1v) is 8.86. The van der Waals surface area contributed by atoms with Crippen molar-refractivity contribution in [2.75, 3.05) is 31.1 Å². The Hall–Kier alpha value is -3.60. The summed E-state index contributed by atoms with van der Waals surface area (Å²) in [7, 11) is 0. The Morgan fingerprint density at radius 1 is 1.18 bits per heavy atom. The van der Waals surface area contributed by atoms with Gasteiger partial charge >= 0.3 is 0 Å². The Kier molecular flexibility index (Phi) is 4.81. The number of carbonyl (C=O) groups is 1. The molecular weight excluding hydrogens is 363 g/mol. The number of piperazine rings is 1. The highest BCUT2D eigenvalue weighted by atomic mass is 19.1. The molecule has 142 valence electrons. The van der Waals surface area contributed by atoms with E-state index < -0.39 is 0 Å². The topological polar surface area (TPSA) is 86.5 Å². The summed E-state index contributed by atoms with van der Waals surface area (Å²) in [5, 5.41) is 9.36. The van der Waals surface area contributed by atoms with Gasteiger partial charge in [-0.3, -0.25) is 4.79 Å². The molecule has 8 heteroatoms. The Labute approximate surface area is 160 Å². The van der Waals surface area contributed by atoms with Gasteiger partial charge in [0.15, 0.2) is 5.76 Å². The van der Waals surface area contributed by atoms with Gasteiger partial charge in [0.2, 0.25) is 17.5 Å². The molecule has 28 heavy (non-hydrogen) atoms. The molecule has 0 unspecified atom stereocenters. The average molecular weight is 380 g/mol. The molecule has 1 aliphatic rings. The molecular formula is C20H17FN4O3. The van der Waals surface area contributed by atoms with Crippen LogP contribution >= 0.6 is 0 Å². The number of benzene rings is 1. The van der Waals surface area contributed by atoms with Crippen molar-refractivity contribution in [2.24, 2.45) is 0 Å². The number of nitriles is 1. The third kappa shape index (κ3) is 3.47. The molecule has 1 amide bonds. The summed E-state index contributed by atoms with van der Waals surface area (Å²) in [6.45, 7) is 1.89. The maximum absolute atomic E-state index is 13.8. The molecule has 3 heterocycles. The molecule has 0 bridgehead atoms. The summed E-state index contributed by atoms with van der Waals surface area (Å²) in [5.74, 6) is 0.561. The molecule has 0 N–H and O–H groups in total. The number of aromatic nitrogens is 1. The quantitative estimate of drug-likeness (QED) is 0.692. The van der Waals surface area contributed by atoms with Gasteiger partial charge < -0.3 is 18.6 Å². The van der Waals surface area contributed by atoms with Crippen molar-refractivity contribution in [1.82, 2.24) is 9.88 Å². The summed E-state index contributed by atoms with van der Waals surface area (Å²) in [6.07, 6.45) is 1.53. The maximum Gasteiger partial charge on any atom is 0.266 e. The summed E-state index contributed by atoms with van der Waals surface area (Å²) < 4.78 is 24.8. The fourth-order valence-corrected chi connectivity index (χ4v) is 3.18. The molecule has 0 atom stereocenters. The van der Waals surface area contributed by atoms with Crippen molar-refractivity contribution < 1.29 is 18.0 Å². The predicted molar refractivity (Wildman–Crippen MR) is 97.8 cm³/mol. The first kappa shape index (κ1) is 17.8. The van der Waals surface area contributed by atoms with Gasteiger partial charge in [0.05, 0.1) is 12.7 Å². The van der Waals surface area contributed by atoms with E-state index in [-0.39, 0.29) is 29.7 Å². The molecule has 0 spiro atoms. The van der Waals surface area contributed by atoms with Gasteiger partial charge in [0.1, 0.15) is 11.9 Å². The van der Waals surface area contributed by atoms with Crippen molar-refractivity contribution in [1.29, 1.82) is 5.26 Å². The number of nitrogens with zero attached hydrogens (tertiary/aromatic N) is 4. The van der Waals surface area contributed by atoms with Gasteiger partial charge in [-0.05, 0) is 23.8 Å². The lowest BCUT2D eigenvalue weighted by Crippen LogP contribution is -2.49. The van der Waals surface area contributed by atoms with Gasteiger partial charge in [-0.1, -0.05) is 18.2 Å². The zero-order valence-electron chi connectivity index (χ0n) is 15.0. The van der Waals surface area contributed by atoms with Crippen LogP contribution in [0.25, 0.3) is 11.7 Å². The number of hydrogen-bond acceptors (Lipinski definition) is 6. The lowest BCUT2D eigenvalue weighted by atomic mass is 10.1. The van der Waals surface area contributed by atoms with E-state index in [4.69, 9.17) is 8.83 Å². The molecule has 0 aliphatic carbocycles. The highest BCUT2D eigenvalue weighted by molar-refractivity contribution is 5.79. The number of furan rings is 1. The second-order valence-corrected chi connectivity index (χ2v) is 6.40. The van der Waals surface area contributed by atoms with Crippen LogP contribution in [0.2, 0.25) is 0 Å². The Bertz CT molecular complexity index is 1010. The normalized spacial score (nSPS) is 14.1. The van der Waals surface area contributed by atoms with E-state index in [0.29, 0.717) is 43.4 Å². The second kappa shape index (κ2) is 7.56. The van der Waals surface area contributed by atoms with Crippen LogP contribution in [-0.2, 0) is 11.2 Å². The molecule has 4 rings (SSSR count). The number of amides is 1.